The molecule has 1 heterocycles. The third-order valence-corrected chi connectivity index (χ3v) is 3.74. The lowest BCUT2D eigenvalue weighted by Crippen LogP contribution is -2.39. The first-order valence-electron chi connectivity index (χ1n) is 6.45. The Hall–Kier alpha value is -1.76. The molecule has 6 nitrogen and oxygen atoms in total. The van der Waals surface area contributed by atoms with E-state index in [2.05, 4.69) is 26.4 Å². The van der Waals surface area contributed by atoms with Gasteiger partial charge in [0.1, 0.15) is 0 Å². The SMILES string of the molecule is N/C(=N/O)c1ccc(Br)cc1NC(=O)N1CCCCC1. The van der Waals surface area contributed by atoms with Crippen molar-refractivity contribution >= 4 is 33.5 Å². The van der Waals surface area contributed by atoms with Crippen molar-refractivity contribution < 1.29 is 10.0 Å². The zero-order chi connectivity index (χ0) is 14.5. The minimum Gasteiger partial charge on any atom is -0.409 e. The molecule has 4 N–H and O–H groups in total. The Morgan fingerprint density at radius 3 is 2.70 bits per heavy atom. The minimum atomic E-state index is -0.158. The topological polar surface area (TPSA) is 91.0 Å². The van der Waals surface area contributed by atoms with Gasteiger partial charge in [-0.15, -0.1) is 0 Å². The van der Waals surface area contributed by atoms with E-state index in [1.165, 1.54) is 0 Å². The lowest BCUT2D eigenvalue weighted by molar-refractivity contribution is 0.200. The molecule has 0 radical (unpaired) electrons. The molecule has 108 valence electrons. The summed E-state index contributed by atoms with van der Waals surface area (Å²) in [4.78, 5) is 14.0. The fourth-order valence-corrected chi connectivity index (χ4v) is 2.55. The number of halogens is 1. The van der Waals surface area contributed by atoms with Crippen molar-refractivity contribution in [3.05, 3.63) is 28.2 Å². The van der Waals surface area contributed by atoms with Crippen LogP contribution in [0.5, 0.6) is 0 Å². The maximum atomic E-state index is 12.2. The van der Waals surface area contributed by atoms with E-state index in [-0.39, 0.29) is 11.9 Å². The highest BCUT2D eigenvalue weighted by atomic mass is 79.9. The van der Waals surface area contributed by atoms with Gasteiger partial charge in [0.15, 0.2) is 5.84 Å². The van der Waals surface area contributed by atoms with Crippen LogP contribution >= 0.6 is 15.9 Å². The quantitative estimate of drug-likeness (QED) is 0.334. The molecule has 7 heteroatoms. The lowest BCUT2D eigenvalue weighted by atomic mass is 10.1. The molecule has 1 aromatic rings. The molecule has 1 saturated heterocycles. The number of likely N-dealkylation sites (tertiary alicyclic amines) is 1. The first-order chi connectivity index (χ1) is 9.61. The van der Waals surface area contributed by atoms with Crippen LogP contribution in [0.15, 0.2) is 27.8 Å². The van der Waals surface area contributed by atoms with E-state index in [0.717, 1.165) is 36.8 Å². The van der Waals surface area contributed by atoms with Crippen molar-refractivity contribution in [1.82, 2.24) is 4.90 Å². The van der Waals surface area contributed by atoms with Gasteiger partial charge in [-0.25, -0.2) is 4.79 Å². The number of amidine groups is 1. The summed E-state index contributed by atoms with van der Waals surface area (Å²) < 4.78 is 0.806. The van der Waals surface area contributed by atoms with Crippen LogP contribution in [0.3, 0.4) is 0 Å². The fourth-order valence-electron chi connectivity index (χ4n) is 2.19. The van der Waals surface area contributed by atoms with Crippen LogP contribution in [-0.2, 0) is 0 Å². The van der Waals surface area contributed by atoms with E-state index >= 15 is 0 Å². The Labute approximate surface area is 125 Å². The number of carbonyl (C=O) groups excluding carboxylic acids is 1. The highest BCUT2D eigenvalue weighted by Gasteiger charge is 2.18. The normalized spacial score (nSPS) is 16.1. The summed E-state index contributed by atoms with van der Waals surface area (Å²) in [7, 11) is 0. The Balaban J connectivity index is 2.19. The molecule has 0 saturated carbocycles. The number of hydrogen-bond donors (Lipinski definition) is 3. The second-order valence-corrected chi connectivity index (χ2v) is 5.57. The zero-order valence-corrected chi connectivity index (χ0v) is 12.6. The molecule has 0 atom stereocenters. The number of amides is 2. The van der Waals surface area contributed by atoms with Gasteiger partial charge in [-0.1, -0.05) is 21.1 Å². The van der Waals surface area contributed by atoms with Gasteiger partial charge in [-0.3, -0.25) is 0 Å². The van der Waals surface area contributed by atoms with Crippen LogP contribution in [0.4, 0.5) is 10.5 Å². The summed E-state index contributed by atoms with van der Waals surface area (Å²) in [6, 6.07) is 5.03. The number of piperidine rings is 1. The van der Waals surface area contributed by atoms with Crippen LogP contribution in [0, 0.1) is 0 Å². The third kappa shape index (κ3) is 3.41. The molecular weight excluding hydrogens is 324 g/mol. The number of nitrogens with two attached hydrogens (primary N) is 1. The first kappa shape index (κ1) is 14.6. The van der Waals surface area contributed by atoms with Gasteiger partial charge in [0, 0.05) is 23.1 Å². The maximum Gasteiger partial charge on any atom is 0.321 e. The number of rotatable bonds is 2. The van der Waals surface area contributed by atoms with Crippen molar-refractivity contribution in [2.75, 3.05) is 18.4 Å². The van der Waals surface area contributed by atoms with Crippen LogP contribution in [0.2, 0.25) is 0 Å². The molecule has 2 rings (SSSR count). The second-order valence-electron chi connectivity index (χ2n) is 4.65. The zero-order valence-electron chi connectivity index (χ0n) is 11.0. The molecular formula is C13H17BrN4O2. The van der Waals surface area contributed by atoms with Gasteiger partial charge in [0.05, 0.1) is 5.69 Å². The number of nitrogens with one attached hydrogen (secondary N) is 1. The van der Waals surface area contributed by atoms with E-state index in [9.17, 15) is 4.79 Å². The monoisotopic (exact) mass is 340 g/mol. The Morgan fingerprint density at radius 2 is 2.05 bits per heavy atom. The summed E-state index contributed by atoms with van der Waals surface area (Å²) in [6.07, 6.45) is 3.22. The van der Waals surface area contributed by atoms with E-state index < -0.39 is 0 Å². The summed E-state index contributed by atoms with van der Waals surface area (Å²) in [5.41, 5.74) is 6.62. The number of nitrogens with zero attached hydrogens (tertiary/aromatic N) is 2. The van der Waals surface area contributed by atoms with Crippen LogP contribution in [0.25, 0.3) is 0 Å². The second kappa shape index (κ2) is 6.60. The predicted octanol–water partition coefficient (Wildman–Crippen LogP) is 2.56. The van der Waals surface area contributed by atoms with E-state index in [0.29, 0.717) is 11.3 Å². The van der Waals surface area contributed by atoms with Crippen molar-refractivity contribution in [2.24, 2.45) is 10.9 Å². The number of anilines is 1. The number of benzene rings is 1. The molecule has 1 aromatic carbocycles. The summed E-state index contributed by atoms with van der Waals surface area (Å²) in [5, 5.41) is 14.6. The highest BCUT2D eigenvalue weighted by Crippen LogP contribution is 2.22. The Kier molecular flexibility index (Phi) is 4.84. The number of hydrogen-bond acceptors (Lipinski definition) is 3. The van der Waals surface area contributed by atoms with Gasteiger partial charge >= 0.3 is 6.03 Å². The Morgan fingerprint density at radius 1 is 1.35 bits per heavy atom. The average Bonchev–Trinajstić information content (AvgIpc) is 2.47. The average molecular weight is 341 g/mol. The van der Waals surface area contributed by atoms with Crippen molar-refractivity contribution in [1.29, 1.82) is 0 Å². The molecule has 1 fully saturated rings. The molecule has 0 aliphatic carbocycles. The maximum absolute atomic E-state index is 12.2. The molecule has 0 unspecified atom stereocenters. The molecule has 1 aliphatic rings. The van der Waals surface area contributed by atoms with E-state index in [1.54, 1.807) is 23.1 Å². The van der Waals surface area contributed by atoms with E-state index in [1.807, 2.05) is 0 Å². The van der Waals surface area contributed by atoms with Gasteiger partial charge in [0.25, 0.3) is 0 Å². The number of urea groups is 1. The number of oxime groups is 1. The molecule has 0 spiro atoms. The molecule has 0 aromatic heterocycles. The molecule has 1 aliphatic heterocycles. The van der Waals surface area contributed by atoms with Crippen molar-refractivity contribution in [3.8, 4) is 0 Å². The van der Waals surface area contributed by atoms with Crippen LogP contribution < -0.4 is 11.1 Å². The minimum absolute atomic E-state index is 0.0357. The van der Waals surface area contributed by atoms with Crippen LogP contribution in [-0.4, -0.2) is 35.1 Å². The van der Waals surface area contributed by atoms with Crippen LogP contribution in [0.1, 0.15) is 24.8 Å². The molecule has 0 bridgehead atoms. The summed E-state index contributed by atoms with van der Waals surface area (Å²) in [5.74, 6) is -0.0357. The molecule has 20 heavy (non-hydrogen) atoms. The predicted molar refractivity (Wildman–Crippen MR) is 81.1 cm³/mol. The third-order valence-electron chi connectivity index (χ3n) is 3.25. The summed E-state index contributed by atoms with van der Waals surface area (Å²) >= 11 is 3.35. The smallest absolute Gasteiger partial charge is 0.321 e. The largest absolute Gasteiger partial charge is 0.409 e. The van der Waals surface area contributed by atoms with Gasteiger partial charge in [-0.05, 0) is 37.5 Å². The number of carbonyl (C=O) groups is 1. The van der Waals surface area contributed by atoms with Gasteiger partial charge in [0.2, 0.25) is 0 Å². The van der Waals surface area contributed by atoms with E-state index in [4.69, 9.17) is 10.9 Å². The van der Waals surface area contributed by atoms with Gasteiger partial charge < -0.3 is 21.2 Å². The van der Waals surface area contributed by atoms with Crippen molar-refractivity contribution in [2.45, 2.75) is 19.3 Å². The highest BCUT2D eigenvalue weighted by molar-refractivity contribution is 9.10. The summed E-state index contributed by atoms with van der Waals surface area (Å²) in [6.45, 7) is 1.53. The lowest BCUT2D eigenvalue weighted by Gasteiger charge is -2.27. The van der Waals surface area contributed by atoms with Gasteiger partial charge in [-0.2, -0.15) is 0 Å². The Bertz CT molecular complexity index is 527. The fraction of sp³-hybridized carbons (Fsp3) is 0.385. The standard InChI is InChI=1S/C13H17BrN4O2/c14-9-4-5-10(12(15)17-20)11(8-9)16-13(19)18-6-2-1-3-7-18/h4-5,8,20H,1-3,6-7H2,(H2,15,17)(H,16,19). The van der Waals surface area contributed by atoms with Crippen molar-refractivity contribution in [3.63, 3.8) is 0 Å². The molecule has 2 amide bonds. The first-order valence-corrected chi connectivity index (χ1v) is 7.24.